The zero-order valence-electron chi connectivity index (χ0n) is 74.5. The van der Waals surface area contributed by atoms with Gasteiger partial charge in [-0.25, -0.2) is 24.3 Å². The Bertz CT molecular complexity index is 2470. The number of para-hydroxylation sites is 1. The number of H-pyrrole nitrogens is 5. The average Bonchev–Trinajstić information content (AvgIpc) is 1.75. The fourth-order valence-corrected chi connectivity index (χ4v) is 5.27. The highest BCUT2D eigenvalue weighted by atomic mass is 32.1. The Labute approximate surface area is 734 Å². The lowest BCUT2D eigenvalue weighted by molar-refractivity contribution is 0.567. The van der Waals surface area contributed by atoms with Crippen molar-refractivity contribution in [2.45, 2.75) is 245 Å². The van der Waals surface area contributed by atoms with Crippen LogP contribution < -0.4 is 0 Å². The topological polar surface area (TPSA) is 322 Å². The molecule has 1 aliphatic heterocycles. The second kappa shape index (κ2) is 202. The summed E-state index contributed by atoms with van der Waals surface area (Å²) in [6.07, 6.45) is 45.4. The van der Waals surface area contributed by atoms with E-state index in [9.17, 15) is 0 Å². The summed E-state index contributed by atoms with van der Waals surface area (Å²) in [4.78, 5) is 38.3. The van der Waals surface area contributed by atoms with E-state index in [4.69, 9.17) is 0 Å². The number of aromatic nitrogens is 18. The van der Waals surface area contributed by atoms with E-state index >= 15 is 0 Å². The number of thiophene rings is 1. The van der Waals surface area contributed by atoms with Gasteiger partial charge in [-0.2, -0.15) is 31.7 Å². The van der Waals surface area contributed by atoms with Gasteiger partial charge >= 0.3 is 0 Å². The molecule has 5 N–H and O–H groups in total. The lowest BCUT2D eigenvalue weighted by Gasteiger charge is -1.83. The lowest BCUT2D eigenvalue weighted by Crippen LogP contribution is -1.69. The molecule has 0 saturated heterocycles. The molecular weight excluding hydrogens is 1530 g/mol. The fraction of sp³-hybridized carbons (Fsp3) is 0.396. The van der Waals surface area contributed by atoms with Crippen molar-refractivity contribution in [3.63, 3.8) is 0 Å². The van der Waals surface area contributed by atoms with Gasteiger partial charge in [0.25, 0.3) is 0 Å². The van der Waals surface area contributed by atoms with Gasteiger partial charge in [0.1, 0.15) is 19.0 Å². The van der Waals surface area contributed by atoms with Crippen LogP contribution in [0.3, 0.4) is 0 Å². The second-order valence-electron chi connectivity index (χ2n) is 13.2. The summed E-state index contributed by atoms with van der Waals surface area (Å²) in [5, 5.41) is 41.6. The van der Waals surface area contributed by atoms with Crippen LogP contribution in [-0.2, 0) is 0 Å². The quantitative estimate of drug-likeness (QED) is 0.0942. The fourth-order valence-electron chi connectivity index (χ4n) is 4.12. The van der Waals surface area contributed by atoms with Crippen LogP contribution in [0.2, 0.25) is 0 Å². The van der Waals surface area contributed by atoms with E-state index in [0.29, 0.717) is 6.67 Å². The van der Waals surface area contributed by atoms with Crippen molar-refractivity contribution in [2.75, 3.05) is 6.67 Å². The Balaban J connectivity index is -0.0000000511. The number of benzene rings is 1. The number of thiazole rings is 1. The van der Waals surface area contributed by atoms with Crippen LogP contribution in [-0.4, -0.2) is 96.5 Å². The summed E-state index contributed by atoms with van der Waals surface area (Å²) >= 11 is 4.78. The van der Waals surface area contributed by atoms with E-state index < -0.39 is 0 Å². The van der Waals surface area contributed by atoms with Gasteiger partial charge in [-0.3, -0.25) is 30.1 Å². The molecule has 27 heteroatoms. The normalized spacial score (nSPS) is 6.97. The third-order valence-corrected chi connectivity index (χ3v) is 9.04. The molecular formula is C91H170N22O2S3. The molecule has 0 amide bonds. The number of hydrogen-bond donors (Lipinski definition) is 5. The van der Waals surface area contributed by atoms with Crippen LogP contribution in [0.15, 0.2) is 352 Å². The number of imidazole rings is 1. The molecule has 1 aliphatic rings. The molecule has 118 heavy (non-hydrogen) atoms. The predicted molar refractivity (Wildman–Crippen MR) is 527 cm³/mol. The SMILES string of the molecule is C.C.C.C.C.C1N=NN=N1.CC.CC.CC.CC.CC.CC.CC.CC.CC.CC.CC.CC.CC.CC.CC.c1c[nH]cn1.c1cc[nH]c1.c1ccc2[nH]ccc2c1.c1ccncc1.c1ccnnc1.c1ccoc1.c1ccoc1.c1ccsc1.c1cn[nH]c1.c1cnccn1.c1cncnc1.c1cnsc1.c1cscn1.c1nc[nH]n1. The van der Waals surface area contributed by atoms with Gasteiger partial charge in [-0.15, -0.1) is 21.6 Å². The molecule has 15 aromatic rings. The molecule has 14 aromatic heterocycles. The highest BCUT2D eigenvalue weighted by Crippen LogP contribution is 2.09. The number of pyridine rings is 1. The molecule has 674 valence electrons. The van der Waals surface area contributed by atoms with E-state index in [1.807, 2.05) is 351 Å². The van der Waals surface area contributed by atoms with E-state index in [-0.39, 0.29) is 37.1 Å². The number of hydrogen-bond acceptors (Lipinski definition) is 22. The molecule has 0 radical (unpaired) electrons. The summed E-state index contributed by atoms with van der Waals surface area (Å²) in [7, 11) is 0. The predicted octanol–water partition coefficient (Wildman–Crippen LogP) is 32.3. The first-order valence-corrected chi connectivity index (χ1v) is 41.7. The summed E-state index contributed by atoms with van der Waals surface area (Å²) in [5.41, 5.74) is 3.00. The first-order valence-electron chi connectivity index (χ1n) is 39.0. The van der Waals surface area contributed by atoms with Crippen LogP contribution in [0.25, 0.3) is 10.9 Å². The van der Waals surface area contributed by atoms with Crippen molar-refractivity contribution >= 4 is 45.1 Å². The van der Waals surface area contributed by atoms with Gasteiger partial charge in [0.05, 0.1) is 36.9 Å². The number of fused-ring (bicyclic) bond motifs is 1. The van der Waals surface area contributed by atoms with Crippen molar-refractivity contribution < 1.29 is 8.83 Å². The van der Waals surface area contributed by atoms with Gasteiger partial charge in [-0.05, 0) is 129 Å². The minimum absolute atomic E-state index is 0. The second-order valence-corrected chi connectivity index (χ2v) is 15.5. The first-order chi connectivity index (χ1) is 56.5. The van der Waals surface area contributed by atoms with Crippen molar-refractivity contribution in [1.29, 1.82) is 0 Å². The van der Waals surface area contributed by atoms with E-state index in [1.54, 1.807) is 165 Å². The van der Waals surface area contributed by atoms with Crippen LogP contribution >= 0.6 is 34.2 Å². The Kier molecular flexibility index (Phi) is 266. The standard InChI is InChI=1S/C8H7N.C5H5N.3C4H4N2.C4H5N.2C4H4O.C4H4S.2C3H4N2.2C3H3NS.C2H3N3.15C2H6.CH2N4.5CH4/c1-2-4-8-7(3-1)5-6-9-8;1-2-4-6-5-3-1;1-2-6-4-3-5-1;1-2-5-4-6-3-1;1-2-4-6-5-3-1;4*1-2-4-5-3-1;1-2-5-3-4-1;1-2-4-5-3-1;1-2-5-3-4-1;1-2-4-5-3-1;1-3-2-5-4-1;15*1-2;1-2-4-5-3-1;;;;;/h1-6,9H;1-5H;3*1-4H;1-5H;3*1-4H;2*1-3H,(H,4,5);2*1-3H;1-2H,(H,3,4,5);15*1-2H3;1H2;5*1H4. The molecule has 16 rings (SSSR count). The van der Waals surface area contributed by atoms with Gasteiger partial charge in [0.2, 0.25) is 0 Å². The molecule has 24 nitrogen and oxygen atoms in total. The Morgan fingerprint density at radius 2 is 0.754 bits per heavy atom. The maximum atomic E-state index is 4.58. The zero-order chi connectivity index (χ0) is 88.4. The summed E-state index contributed by atoms with van der Waals surface area (Å²) in [6.45, 7) is 60.4. The number of aromatic amines is 5. The van der Waals surface area contributed by atoms with E-state index in [0.717, 1.165) is 0 Å². The number of nitrogens with one attached hydrogen (secondary N) is 5. The molecule has 15 heterocycles. The highest BCUT2D eigenvalue weighted by molar-refractivity contribution is 7.07. The number of rotatable bonds is 0. The molecule has 0 fully saturated rings. The molecule has 0 spiro atoms. The van der Waals surface area contributed by atoms with Crippen molar-refractivity contribution in [1.82, 2.24) is 89.8 Å². The van der Waals surface area contributed by atoms with Crippen LogP contribution in [0.1, 0.15) is 245 Å². The van der Waals surface area contributed by atoms with Gasteiger partial charge < -0.3 is 23.8 Å². The summed E-state index contributed by atoms with van der Waals surface area (Å²) in [5.74, 6) is 0. The zero-order valence-corrected chi connectivity index (χ0v) is 76.9. The maximum absolute atomic E-state index is 4.58. The highest BCUT2D eigenvalue weighted by Gasteiger charge is 1.87. The monoisotopic (exact) mass is 1700 g/mol. The van der Waals surface area contributed by atoms with Crippen LogP contribution in [0.5, 0.6) is 0 Å². The van der Waals surface area contributed by atoms with Crippen molar-refractivity contribution in [2.24, 2.45) is 20.7 Å². The maximum Gasteiger partial charge on any atom is 0.175 e. The third kappa shape index (κ3) is 177. The Morgan fingerprint density at radius 3 is 0.932 bits per heavy atom. The molecule has 0 saturated carbocycles. The van der Waals surface area contributed by atoms with Crippen LogP contribution in [0.4, 0.5) is 0 Å². The summed E-state index contributed by atoms with van der Waals surface area (Å²) in [6, 6.07) is 40.4. The molecule has 1 aromatic carbocycles. The van der Waals surface area contributed by atoms with Crippen LogP contribution in [0, 0.1) is 0 Å². The van der Waals surface area contributed by atoms with Gasteiger partial charge in [-0.1, -0.05) is 281 Å². The third-order valence-electron chi connectivity index (χ3n) is 7.37. The largest absolute Gasteiger partial charge is 0.473 e. The molecule has 0 aliphatic carbocycles. The van der Waals surface area contributed by atoms with Crippen molar-refractivity contribution in [3.8, 4) is 0 Å². The number of nitrogens with zero attached hydrogens (tertiary/aromatic N) is 17. The molecule has 0 bridgehead atoms. The molecule has 0 unspecified atom stereocenters. The van der Waals surface area contributed by atoms with E-state index in [2.05, 4.69) is 137 Å². The first kappa shape index (κ1) is 155. The minimum atomic E-state index is 0. The van der Waals surface area contributed by atoms with E-state index in [1.165, 1.54) is 41.4 Å². The van der Waals surface area contributed by atoms with Gasteiger partial charge in [0.15, 0.2) is 6.67 Å². The Morgan fingerprint density at radius 1 is 0.288 bits per heavy atom. The summed E-state index contributed by atoms with van der Waals surface area (Å²) < 4.78 is 12.9. The lowest BCUT2D eigenvalue weighted by atomic mass is 10.3. The minimum Gasteiger partial charge on any atom is -0.473 e. The Hall–Kier alpha value is -11.3. The average molecular weight is 1700 g/mol. The number of furan rings is 2. The van der Waals surface area contributed by atoms with Crippen molar-refractivity contribution in [3.05, 3.63) is 323 Å². The smallest absolute Gasteiger partial charge is 0.175 e. The van der Waals surface area contributed by atoms with Gasteiger partial charge in [0, 0.05) is 134 Å². The molecule has 0 atom stereocenters.